The predicted molar refractivity (Wildman–Crippen MR) is 93.8 cm³/mol. The van der Waals surface area contributed by atoms with Crippen LogP contribution >= 0.6 is 0 Å². The Bertz CT molecular complexity index is 636. The highest BCUT2D eigenvalue weighted by Crippen LogP contribution is 2.10. The van der Waals surface area contributed by atoms with E-state index in [0.29, 0.717) is 18.9 Å². The maximum Gasteiger partial charge on any atom is 0.275 e. The van der Waals surface area contributed by atoms with Gasteiger partial charge in [-0.1, -0.05) is 35.5 Å². The molecule has 0 atom stereocenters. The summed E-state index contributed by atoms with van der Waals surface area (Å²) < 4.78 is 1.55. The van der Waals surface area contributed by atoms with Gasteiger partial charge in [-0.05, 0) is 19.4 Å². The number of hydrogen-bond acceptors (Lipinski definition) is 4. The molecule has 0 saturated carbocycles. The average molecular weight is 331 g/mol. The van der Waals surface area contributed by atoms with Crippen molar-refractivity contribution >= 4 is 11.7 Å². The number of quaternary nitrogens is 1. The minimum atomic E-state index is -0.263. The molecular formula is C17H27N6O+. The zero-order valence-electron chi connectivity index (χ0n) is 14.5. The van der Waals surface area contributed by atoms with Crippen molar-refractivity contribution in [1.29, 1.82) is 0 Å². The molecule has 24 heavy (non-hydrogen) atoms. The fraction of sp³-hybridized carbons (Fsp3) is 0.471. The van der Waals surface area contributed by atoms with E-state index in [4.69, 9.17) is 5.73 Å². The molecule has 130 valence electrons. The van der Waals surface area contributed by atoms with Gasteiger partial charge in [-0.2, -0.15) is 0 Å². The molecule has 2 rings (SSSR count). The molecule has 0 aliphatic carbocycles. The molecular weight excluding hydrogens is 304 g/mol. The number of anilines is 1. The smallest absolute Gasteiger partial charge is 0.275 e. The van der Waals surface area contributed by atoms with Gasteiger partial charge in [-0.25, -0.2) is 4.68 Å². The number of carbonyl (C=O) groups is 1. The van der Waals surface area contributed by atoms with Crippen LogP contribution in [0.1, 0.15) is 36.3 Å². The minimum absolute atomic E-state index is 0.195. The molecule has 7 nitrogen and oxygen atoms in total. The average Bonchev–Trinajstić information content (AvgIpc) is 2.96. The summed E-state index contributed by atoms with van der Waals surface area (Å²) in [5.74, 6) is 0.0343. The number of nitrogens with zero attached hydrogens (tertiary/aromatic N) is 3. The molecule has 0 radical (unpaired) electrons. The number of rotatable bonds is 9. The molecule has 0 aliphatic heterocycles. The molecule has 2 aromatic rings. The summed E-state index contributed by atoms with van der Waals surface area (Å²) in [5.41, 5.74) is 7.27. The van der Waals surface area contributed by atoms with Crippen LogP contribution in [0.4, 0.5) is 5.82 Å². The van der Waals surface area contributed by atoms with Gasteiger partial charge in [0.25, 0.3) is 5.91 Å². The number of aromatic nitrogens is 3. The normalized spacial score (nSPS) is 11.0. The van der Waals surface area contributed by atoms with Gasteiger partial charge < -0.3 is 16.0 Å². The Labute approximate surface area is 142 Å². The highest BCUT2D eigenvalue weighted by molar-refractivity contribution is 5.96. The fourth-order valence-corrected chi connectivity index (χ4v) is 2.58. The lowest BCUT2D eigenvalue weighted by Crippen LogP contribution is -3.11. The number of benzene rings is 1. The standard InChI is InChI=1S/C17H26N6O/c1-3-22(4-2)12-8-11-19-17(24)15-16(18)23(21-20-15)13-14-9-6-5-7-10-14/h5-7,9-10H,3-4,8,11-13,18H2,1-2H3,(H,19,24)/p+1. The van der Waals surface area contributed by atoms with E-state index in [1.54, 1.807) is 4.68 Å². The van der Waals surface area contributed by atoms with Crippen LogP contribution in [0.3, 0.4) is 0 Å². The van der Waals surface area contributed by atoms with Crippen molar-refractivity contribution in [3.63, 3.8) is 0 Å². The van der Waals surface area contributed by atoms with Crippen LogP contribution in [0.2, 0.25) is 0 Å². The molecule has 0 spiro atoms. The van der Waals surface area contributed by atoms with Crippen molar-refractivity contribution in [2.75, 3.05) is 31.9 Å². The first-order chi connectivity index (χ1) is 11.7. The summed E-state index contributed by atoms with van der Waals surface area (Å²) >= 11 is 0. The maximum absolute atomic E-state index is 12.2. The number of nitrogens with two attached hydrogens (primary N) is 1. The van der Waals surface area contributed by atoms with Crippen LogP contribution in [0.5, 0.6) is 0 Å². The van der Waals surface area contributed by atoms with Crippen LogP contribution < -0.4 is 16.0 Å². The van der Waals surface area contributed by atoms with Gasteiger partial charge in [0.1, 0.15) is 0 Å². The van der Waals surface area contributed by atoms with Crippen LogP contribution in [0.25, 0.3) is 0 Å². The van der Waals surface area contributed by atoms with E-state index in [1.165, 1.54) is 4.90 Å². The Hall–Kier alpha value is -2.41. The lowest BCUT2D eigenvalue weighted by Gasteiger charge is -2.14. The van der Waals surface area contributed by atoms with Gasteiger partial charge in [0.15, 0.2) is 11.5 Å². The second-order valence-electron chi connectivity index (χ2n) is 5.78. The van der Waals surface area contributed by atoms with E-state index >= 15 is 0 Å². The topological polar surface area (TPSA) is 90.3 Å². The first-order valence-electron chi connectivity index (χ1n) is 8.50. The van der Waals surface area contributed by atoms with Crippen LogP contribution in [0.15, 0.2) is 30.3 Å². The first kappa shape index (κ1) is 17.9. The predicted octanol–water partition coefficient (Wildman–Crippen LogP) is -0.0468. The van der Waals surface area contributed by atoms with Crippen molar-refractivity contribution in [3.8, 4) is 0 Å². The maximum atomic E-state index is 12.2. The van der Waals surface area contributed by atoms with Gasteiger partial charge >= 0.3 is 0 Å². The van der Waals surface area contributed by atoms with Crippen LogP contribution in [0, 0.1) is 0 Å². The minimum Gasteiger partial charge on any atom is -0.382 e. The quantitative estimate of drug-likeness (QED) is 0.562. The lowest BCUT2D eigenvalue weighted by atomic mass is 10.2. The van der Waals surface area contributed by atoms with Crippen LogP contribution in [-0.4, -0.2) is 47.1 Å². The van der Waals surface area contributed by atoms with E-state index in [2.05, 4.69) is 29.5 Å². The van der Waals surface area contributed by atoms with Crippen molar-refractivity contribution in [3.05, 3.63) is 41.6 Å². The van der Waals surface area contributed by atoms with Gasteiger partial charge in [-0.15, -0.1) is 5.10 Å². The van der Waals surface area contributed by atoms with Gasteiger partial charge in [0, 0.05) is 13.0 Å². The number of nitrogens with one attached hydrogen (secondary N) is 2. The second-order valence-corrected chi connectivity index (χ2v) is 5.78. The second kappa shape index (κ2) is 9.02. The molecule has 0 unspecified atom stereocenters. The SMILES string of the molecule is CC[NH+](CC)CCCNC(=O)c1nnn(Cc2ccccc2)c1N. The summed E-state index contributed by atoms with van der Waals surface area (Å²) in [4.78, 5) is 13.7. The number of carbonyl (C=O) groups excluding carboxylic acids is 1. The molecule has 0 aliphatic rings. The zero-order valence-corrected chi connectivity index (χ0v) is 14.5. The van der Waals surface area contributed by atoms with E-state index in [-0.39, 0.29) is 11.6 Å². The third-order valence-electron chi connectivity index (χ3n) is 4.16. The Morgan fingerprint density at radius 2 is 1.96 bits per heavy atom. The molecule has 1 aromatic carbocycles. The third kappa shape index (κ3) is 4.79. The zero-order chi connectivity index (χ0) is 17.4. The summed E-state index contributed by atoms with van der Waals surface area (Å²) in [5, 5.41) is 10.8. The molecule has 1 aromatic heterocycles. The highest BCUT2D eigenvalue weighted by atomic mass is 16.2. The fourth-order valence-electron chi connectivity index (χ4n) is 2.58. The number of hydrogen-bond donors (Lipinski definition) is 3. The summed E-state index contributed by atoms with van der Waals surface area (Å²) in [6.07, 6.45) is 0.931. The van der Waals surface area contributed by atoms with E-state index < -0.39 is 0 Å². The molecule has 0 fully saturated rings. The molecule has 0 bridgehead atoms. The van der Waals surface area contributed by atoms with E-state index in [9.17, 15) is 4.79 Å². The van der Waals surface area contributed by atoms with E-state index in [1.807, 2.05) is 30.3 Å². The van der Waals surface area contributed by atoms with Crippen LogP contribution in [-0.2, 0) is 6.54 Å². The lowest BCUT2D eigenvalue weighted by molar-refractivity contribution is -0.896. The van der Waals surface area contributed by atoms with Crippen molar-refractivity contribution in [2.45, 2.75) is 26.8 Å². The van der Waals surface area contributed by atoms with Gasteiger partial charge in [-0.3, -0.25) is 4.79 Å². The van der Waals surface area contributed by atoms with Crippen molar-refractivity contribution < 1.29 is 9.69 Å². The van der Waals surface area contributed by atoms with Crippen molar-refractivity contribution in [1.82, 2.24) is 20.3 Å². The summed E-state index contributed by atoms with van der Waals surface area (Å²) in [6, 6.07) is 9.82. The Morgan fingerprint density at radius 1 is 1.25 bits per heavy atom. The Balaban J connectivity index is 1.87. The highest BCUT2D eigenvalue weighted by Gasteiger charge is 2.17. The Kier molecular flexibility index (Phi) is 6.74. The molecule has 0 saturated heterocycles. The number of amides is 1. The van der Waals surface area contributed by atoms with Gasteiger partial charge in [0.05, 0.1) is 26.2 Å². The Morgan fingerprint density at radius 3 is 2.62 bits per heavy atom. The molecule has 4 N–H and O–H groups in total. The monoisotopic (exact) mass is 331 g/mol. The van der Waals surface area contributed by atoms with E-state index in [0.717, 1.165) is 31.6 Å². The third-order valence-corrected chi connectivity index (χ3v) is 4.16. The first-order valence-corrected chi connectivity index (χ1v) is 8.50. The van der Waals surface area contributed by atoms with Gasteiger partial charge in [0.2, 0.25) is 0 Å². The summed E-state index contributed by atoms with van der Waals surface area (Å²) in [6.45, 7) is 8.71. The van der Waals surface area contributed by atoms with Crippen molar-refractivity contribution in [2.24, 2.45) is 0 Å². The summed E-state index contributed by atoms with van der Waals surface area (Å²) in [7, 11) is 0. The molecule has 7 heteroatoms. The molecule has 1 amide bonds. The number of nitrogen functional groups attached to an aromatic ring is 1. The largest absolute Gasteiger partial charge is 0.382 e. The molecule has 1 heterocycles.